The molecule has 2 aliphatic heterocycles. The van der Waals surface area contributed by atoms with Crippen molar-refractivity contribution in [3.05, 3.63) is 35.5 Å². The lowest BCUT2D eigenvalue weighted by molar-refractivity contribution is -0.141. The van der Waals surface area contributed by atoms with E-state index in [1.165, 1.54) is 0 Å². The molecular formula is C19H25N5O3. The number of nitrogens with zero attached hydrogens (tertiary/aromatic N) is 5. The van der Waals surface area contributed by atoms with Crippen LogP contribution in [0.4, 0.5) is 5.95 Å². The van der Waals surface area contributed by atoms with E-state index >= 15 is 0 Å². The normalized spacial score (nSPS) is 18.4. The summed E-state index contributed by atoms with van der Waals surface area (Å²) in [6.45, 7) is 2.03. The predicted molar refractivity (Wildman–Crippen MR) is 98.3 cm³/mol. The average Bonchev–Trinajstić information content (AvgIpc) is 3.20. The van der Waals surface area contributed by atoms with Crippen LogP contribution in [0.15, 0.2) is 23.0 Å². The van der Waals surface area contributed by atoms with Crippen molar-refractivity contribution >= 4 is 11.9 Å². The van der Waals surface area contributed by atoms with Crippen molar-refractivity contribution in [1.82, 2.24) is 20.0 Å². The molecule has 1 amide bonds. The average molecular weight is 371 g/mol. The number of aryl methyl sites for hydroxylation is 1. The summed E-state index contributed by atoms with van der Waals surface area (Å²) in [6, 6.07) is 1.80. The Hall–Kier alpha value is -2.48. The fourth-order valence-corrected chi connectivity index (χ4v) is 3.87. The van der Waals surface area contributed by atoms with E-state index in [4.69, 9.17) is 14.2 Å². The van der Waals surface area contributed by atoms with Crippen LogP contribution in [0.25, 0.3) is 0 Å². The Kier molecular flexibility index (Phi) is 4.82. The van der Waals surface area contributed by atoms with Crippen molar-refractivity contribution in [1.29, 1.82) is 0 Å². The maximum atomic E-state index is 12.5. The first-order valence-corrected chi connectivity index (χ1v) is 9.42. The van der Waals surface area contributed by atoms with Crippen LogP contribution in [-0.4, -0.2) is 59.7 Å². The second-order valence-corrected chi connectivity index (χ2v) is 7.39. The van der Waals surface area contributed by atoms with Crippen LogP contribution in [-0.2, 0) is 28.0 Å². The summed E-state index contributed by atoms with van der Waals surface area (Å²) in [5, 5.41) is 3.68. The Balaban J connectivity index is 1.44. The molecule has 0 radical (unpaired) electrons. The second kappa shape index (κ2) is 7.26. The standard InChI is InChI=1S/C19H25N5O3/c1-23(2)18-20-13-14-6-12-26-19(17(14)22-18)7-10-24(11-8-19)16(25)4-3-15-5-9-21-27-15/h5,9,13H,3-4,6-8,10-12H2,1-2H3. The summed E-state index contributed by atoms with van der Waals surface area (Å²) >= 11 is 0. The molecule has 2 aromatic heterocycles. The first-order chi connectivity index (χ1) is 13.1. The molecule has 0 N–H and O–H groups in total. The largest absolute Gasteiger partial charge is 0.368 e. The van der Waals surface area contributed by atoms with E-state index in [0.29, 0.717) is 38.5 Å². The number of fused-ring (bicyclic) bond motifs is 2. The Morgan fingerprint density at radius 2 is 2.15 bits per heavy atom. The summed E-state index contributed by atoms with van der Waals surface area (Å²) in [7, 11) is 3.88. The molecule has 144 valence electrons. The van der Waals surface area contributed by atoms with E-state index < -0.39 is 5.60 Å². The van der Waals surface area contributed by atoms with Crippen molar-refractivity contribution < 1.29 is 14.1 Å². The predicted octanol–water partition coefficient (Wildman–Crippen LogP) is 1.55. The van der Waals surface area contributed by atoms with E-state index in [0.717, 1.165) is 36.3 Å². The number of carbonyl (C=O) groups excluding carboxylic acids is 1. The zero-order valence-corrected chi connectivity index (χ0v) is 15.8. The Morgan fingerprint density at radius 3 is 2.85 bits per heavy atom. The molecule has 0 aliphatic carbocycles. The van der Waals surface area contributed by atoms with Gasteiger partial charge in [-0.1, -0.05) is 5.16 Å². The van der Waals surface area contributed by atoms with E-state index in [9.17, 15) is 4.79 Å². The van der Waals surface area contributed by atoms with Gasteiger partial charge in [0.15, 0.2) is 0 Å². The first kappa shape index (κ1) is 17.9. The monoisotopic (exact) mass is 371 g/mol. The van der Waals surface area contributed by atoms with Crippen LogP contribution in [0, 0.1) is 0 Å². The van der Waals surface area contributed by atoms with Gasteiger partial charge in [-0.3, -0.25) is 4.79 Å². The molecule has 1 spiro atoms. The maximum Gasteiger partial charge on any atom is 0.225 e. The van der Waals surface area contributed by atoms with Gasteiger partial charge in [0.05, 0.1) is 18.5 Å². The third-order valence-corrected chi connectivity index (χ3v) is 5.43. The molecule has 0 unspecified atom stereocenters. The zero-order chi connectivity index (χ0) is 18.9. The Labute approximate surface area is 158 Å². The topological polar surface area (TPSA) is 84.6 Å². The van der Waals surface area contributed by atoms with Crippen LogP contribution in [0.3, 0.4) is 0 Å². The van der Waals surface area contributed by atoms with E-state index in [-0.39, 0.29) is 5.91 Å². The number of amides is 1. The van der Waals surface area contributed by atoms with Crippen LogP contribution in [0.5, 0.6) is 0 Å². The highest BCUT2D eigenvalue weighted by Gasteiger charge is 2.43. The highest BCUT2D eigenvalue weighted by atomic mass is 16.5. The van der Waals surface area contributed by atoms with Crippen LogP contribution < -0.4 is 4.90 Å². The van der Waals surface area contributed by atoms with Gasteiger partial charge in [0.25, 0.3) is 0 Å². The molecule has 0 aromatic carbocycles. The third kappa shape index (κ3) is 3.53. The van der Waals surface area contributed by atoms with Gasteiger partial charge in [-0.15, -0.1) is 0 Å². The highest BCUT2D eigenvalue weighted by molar-refractivity contribution is 5.76. The lowest BCUT2D eigenvalue weighted by Crippen LogP contribution is -2.49. The van der Waals surface area contributed by atoms with Crippen molar-refractivity contribution in [3.63, 3.8) is 0 Å². The molecule has 1 saturated heterocycles. The van der Waals surface area contributed by atoms with Crippen LogP contribution in [0.1, 0.15) is 36.3 Å². The van der Waals surface area contributed by atoms with Gasteiger partial charge < -0.3 is 19.1 Å². The maximum absolute atomic E-state index is 12.5. The van der Waals surface area contributed by atoms with Crippen molar-refractivity contribution in [2.45, 2.75) is 37.7 Å². The van der Waals surface area contributed by atoms with Crippen LogP contribution >= 0.6 is 0 Å². The molecule has 2 aliphatic rings. The summed E-state index contributed by atoms with van der Waals surface area (Å²) in [4.78, 5) is 25.6. The zero-order valence-electron chi connectivity index (χ0n) is 15.8. The van der Waals surface area contributed by atoms with Crippen LogP contribution in [0.2, 0.25) is 0 Å². The van der Waals surface area contributed by atoms with Crippen molar-refractivity contribution in [2.75, 3.05) is 38.7 Å². The lowest BCUT2D eigenvalue weighted by Gasteiger charge is -2.44. The Morgan fingerprint density at radius 1 is 1.33 bits per heavy atom. The number of aromatic nitrogens is 3. The van der Waals surface area contributed by atoms with E-state index in [1.807, 2.05) is 30.1 Å². The quantitative estimate of drug-likeness (QED) is 0.806. The van der Waals surface area contributed by atoms with Gasteiger partial charge in [0.1, 0.15) is 11.4 Å². The molecule has 0 bridgehead atoms. The van der Waals surface area contributed by atoms with Gasteiger partial charge in [0, 0.05) is 52.3 Å². The number of ether oxygens (including phenoxy) is 1. The molecule has 0 atom stereocenters. The van der Waals surface area contributed by atoms with Crippen molar-refractivity contribution in [2.24, 2.45) is 0 Å². The van der Waals surface area contributed by atoms with Gasteiger partial charge in [-0.2, -0.15) is 0 Å². The SMILES string of the molecule is CN(C)c1ncc2c(n1)C1(CCN(C(=O)CCc3ccno3)CC1)OCC2. The number of hydrogen-bond acceptors (Lipinski definition) is 7. The van der Waals surface area contributed by atoms with Gasteiger partial charge in [-0.25, -0.2) is 9.97 Å². The molecule has 1 fully saturated rings. The molecule has 8 heteroatoms. The molecule has 0 saturated carbocycles. The number of anilines is 1. The summed E-state index contributed by atoms with van der Waals surface area (Å²) in [5.41, 5.74) is 1.77. The number of carbonyl (C=O) groups is 1. The smallest absolute Gasteiger partial charge is 0.225 e. The minimum atomic E-state index is -0.400. The summed E-state index contributed by atoms with van der Waals surface area (Å²) in [5.74, 6) is 1.59. The van der Waals surface area contributed by atoms with Gasteiger partial charge >= 0.3 is 0 Å². The molecule has 27 heavy (non-hydrogen) atoms. The highest BCUT2D eigenvalue weighted by Crippen LogP contribution is 2.40. The van der Waals surface area contributed by atoms with E-state index in [2.05, 4.69) is 10.1 Å². The Bertz CT molecular complexity index is 798. The molecule has 4 heterocycles. The molecular weight excluding hydrogens is 346 g/mol. The molecule has 2 aromatic rings. The summed E-state index contributed by atoms with van der Waals surface area (Å²) < 4.78 is 11.3. The number of piperidine rings is 1. The number of hydrogen-bond donors (Lipinski definition) is 0. The number of likely N-dealkylation sites (tertiary alicyclic amines) is 1. The minimum absolute atomic E-state index is 0.147. The van der Waals surface area contributed by atoms with E-state index in [1.54, 1.807) is 12.3 Å². The fraction of sp³-hybridized carbons (Fsp3) is 0.579. The summed E-state index contributed by atoms with van der Waals surface area (Å²) in [6.07, 6.45) is 6.91. The number of rotatable bonds is 4. The first-order valence-electron chi connectivity index (χ1n) is 9.42. The fourth-order valence-electron chi connectivity index (χ4n) is 3.87. The van der Waals surface area contributed by atoms with Gasteiger partial charge in [0.2, 0.25) is 11.9 Å². The lowest BCUT2D eigenvalue weighted by atomic mass is 9.83. The third-order valence-electron chi connectivity index (χ3n) is 5.43. The molecule has 8 nitrogen and oxygen atoms in total. The van der Waals surface area contributed by atoms with Crippen molar-refractivity contribution in [3.8, 4) is 0 Å². The molecule has 4 rings (SSSR count). The second-order valence-electron chi connectivity index (χ2n) is 7.39. The van der Waals surface area contributed by atoms with Gasteiger partial charge in [-0.05, 0) is 24.8 Å². The minimum Gasteiger partial charge on any atom is -0.368 e.